The Morgan fingerprint density at radius 1 is 1.16 bits per heavy atom. The molecule has 1 aromatic carbocycles. The van der Waals surface area contributed by atoms with Gasteiger partial charge >= 0.3 is 0 Å². The fourth-order valence-corrected chi connectivity index (χ4v) is 1.77. The molecule has 1 N–H and O–H groups in total. The first-order chi connectivity index (χ1) is 9.19. The normalized spacial score (nSPS) is 12.3. The van der Waals surface area contributed by atoms with Crippen LogP contribution >= 0.6 is 0 Å². The maximum atomic E-state index is 13.1. The lowest BCUT2D eigenvalue weighted by Crippen LogP contribution is -2.01. The molecule has 0 bridgehead atoms. The van der Waals surface area contributed by atoms with Crippen molar-refractivity contribution in [3.8, 4) is 17.1 Å². The van der Waals surface area contributed by atoms with E-state index < -0.39 is 6.17 Å². The number of phenols is 1. The SMILES string of the molecule is CCC(F)CCc1cnc(-c2ccc(O)cc2)nc1. The Morgan fingerprint density at radius 3 is 2.37 bits per heavy atom. The monoisotopic (exact) mass is 260 g/mol. The molecule has 1 heterocycles. The zero-order valence-electron chi connectivity index (χ0n) is 10.9. The van der Waals surface area contributed by atoms with E-state index in [9.17, 15) is 9.50 Å². The van der Waals surface area contributed by atoms with E-state index in [1.807, 2.05) is 6.92 Å². The van der Waals surface area contributed by atoms with Gasteiger partial charge in [-0.05, 0) is 49.1 Å². The highest BCUT2D eigenvalue weighted by atomic mass is 19.1. The second kappa shape index (κ2) is 6.27. The van der Waals surface area contributed by atoms with Gasteiger partial charge in [0, 0.05) is 18.0 Å². The van der Waals surface area contributed by atoms with Crippen LogP contribution in [0.15, 0.2) is 36.7 Å². The quantitative estimate of drug-likeness (QED) is 0.894. The van der Waals surface area contributed by atoms with Crippen LogP contribution in [0, 0.1) is 0 Å². The minimum Gasteiger partial charge on any atom is -0.508 e. The molecule has 0 fully saturated rings. The average Bonchev–Trinajstić information content (AvgIpc) is 2.46. The predicted molar refractivity (Wildman–Crippen MR) is 72.6 cm³/mol. The summed E-state index contributed by atoms with van der Waals surface area (Å²) in [7, 11) is 0. The summed E-state index contributed by atoms with van der Waals surface area (Å²) in [5.41, 5.74) is 1.79. The van der Waals surface area contributed by atoms with Crippen LogP contribution in [0.4, 0.5) is 4.39 Å². The number of aromatic hydroxyl groups is 1. The molecule has 1 unspecified atom stereocenters. The fourth-order valence-electron chi connectivity index (χ4n) is 1.77. The largest absolute Gasteiger partial charge is 0.508 e. The van der Waals surface area contributed by atoms with E-state index in [-0.39, 0.29) is 5.75 Å². The topological polar surface area (TPSA) is 46.0 Å². The number of alkyl halides is 1. The van der Waals surface area contributed by atoms with E-state index in [0.29, 0.717) is 25.1 Å². The van der Waals surface area contributed by atoms with Gasteiger partial charge in [0.1, 0.15) is 11.9 Å². The number of aryl methyl sites for hydroxylation is 1. The maximum absolute atomic E-state index is 13.1. The fraction of sp³-hybridized carbons (Fsp3) is 0.333. The lowest BCUT2D eigenvalue weighted by molar-refractivity contribution is 0.306. The highest BCUT2D eigenvalue weighted by Gasteiger charge is 2.05. The Morgan fingerprint density at radius 2 is 1.79 bits per heavy atom. The van der Waals surface area contributed by atoms with Crippen LogP contribution in [0.25, 0.3) is 11.4 Å². The van der Waals surface area contributed by atoms with Crippen molar-refractivity contribution in [2.75, 3.05) is 0 Å². The summed E-state index contributed by atoms with van der Waals surface area (Å²) in [4.78, 5) is 8.53. The Kier molecular flexibility index (Phi) is 4.44. The Labute approximate surface area is 112 Å². The third-order valence-electron chi connectivity index (χ3n) is 3.02. The van der Waals surface area contributed by atoms with Crippen LogP contribution in [0.3, 0.4) is 0 Å². The number of hydrogen-bond donors (Lipinski definition) is 1. The molecule has 0 aliphatic heterocycles. The Bertz CT molecular complexity index is 511. The maximum Gasteiger partial charge on any atom is 0.159 e. The lowest BCUT2D eigenvalue weighted by atomic mass is 10.1. The van der Waals surface area contributed by atoms with E-state index in [1.54, 1.807) is 36.7 Å². The van der Waals surface area contributed by atoms with E-state index in [0.717, 1.165) is 11.1 Å². The second-order valence-electron chi connectivity index (χ2n) is 4.51. The van der Waals surface area contributed by atoms with Crippen molar-refractivity contribution < 1.29 is 9.50 Å². The molecule has 0 amide bonds. The standard InChI is InChI=1S/C15H17FN2O/c1-2-13(16)6-3-11-9-17-15(18-10-11)12-4-7-14(19)8-5-12/h4-5,7-10,13,19H,2-3,6H2,1H3. The van der Waals surface area contributed by atoms with Gasteiger partial charge in [-0.15, -0.1) is 0 Å². The summed E-state index contributed by atoms with van der Waals surface area (Å²) in [6, 6.07) is 6.72. The molecular formula is C15H17FN2O. The number of phenolic OH excluding ortho intramolecular Hbond substituents is 1. The molecule has 100 valence electrons. The van der Waals surface area contributed by atoms with Crippen molar-refractivity contribution in [2.45, 2.75) is 32.4 Å². The van der Waals surface area contributed by atoms with Gasteiger partial charge in [-0.3, -0.25) is 0 Å². The number of rotatable bonds is 5. The lowest BCUT2D eigenvalue weighted by Gasteiger charge is -2.05. The zero-order valence-corrected chi connectivity index (χ0v) is 10.9. The summed E-state index contributed by atoms with van der Waals surface area (Å²) in [6.45, 7) is 1.84. The van der Waals surface area contributed by atoms with Crippen LogP contribution < -0.4 is 0 Å². The first-order valence-electron chi connectivity index (χ1n) is 6.43. The third-order valence-corrected chi connectivity index (χ3v) is 3.02. The molecule has 1 aromatic heterocycles. The number of nitrogens with zero attached hydrogens (tertiary/aromatic N) is 2. The molecule has 0 aliphatic rings. The number of benzene rings is 1. The summed E-state index contributed by atoms with van der Waals surface area (Å²) in [5, 5.41) is 9.22. The first-order valence-corrected chi connectivity index (χ1v) is 6.43. The minimum absolute atomic E-state index is 0.217. The number of halogens is 1. The van der Waals surface area contributed by atoms with Gasteiger partial charge in [0.05, 0.1) is 0 Å². The van der Waals surface area contributed by atoms with Crippen molar-refractivity contribution in [3.63, 3.8) is 0 Å². The van der Waals surface area contributed by atoms with E-state index in [1.165, 1.54) is 0 Å². The van der Waals surface area contributed by atoms with Gasteiger partial charge in [0.15, 0.2) is 5.82 Å². The predicted octanol–water partition coefficient (Wildman–Crippen LogP) is 3.53. The van der Waals surface area contributed by atoms with Crippen LogP contribution in [-0.4, -0.2) is 21.2 Å². The van der Waals surface area contributed by atoms with Crippen molar-refractivity contribution in [1.29, 1.82) is 0 Å². The van der Waals surface area contributed by atoms with Gasteiger partial charge in [-0.2, -0.15) is 0 Å². The third kappa shape index (κ3) is 3.74. The Hall–Kier alpha value is -1.97. The van der Waals surface area contributed by atoms with Crippen molar-refractivity contribution in [1.82, 2.24) is 9.97 Å². The molecule has 0 radical (unpaired) electrons. The van der Waals surface area contributed by atoms with E-state index in [4.69, 9.17) is 0 Å². The van der Waals surface area contributed by atoms with Crippen molar-refractivity contribution in [3.05, 3.63) is 42.2 Å². The zero-order chi connectivity index (χ0) is 13.7. The number of hydrogen-bond acceptors (Lipinski definition) is 3. The average molecular weight is 260 g/mol. The van der Waals surface area contributed by atoms with Crippen LogP contribution in [0.1, 0.15) is 25.3 Å². The van der Waals surface area contributed by atoms with Crippen molar-refractivity contribution >= 4 is 0 Å². The van der Waals surface area contributed by atoms with Gasteiger partial charge < -0.3 is 5.11 Å². The highest BCUT2D eigenvalue weighted by molar-refractivity contribution is 5.55. The van der Waals surface area contributed by atoms with Crippen molar-refractivity contribution in [2.24, 2.45) is 0 Å². The smallest absolute Gasteiger partial charge is 0.159 e. The second-order valence-corrected chi connectivity index (χ2v) is 4.51. The molecule has 19 heavy (non-hydrogen) atoms. The van der Waals surface area contributed by atoms with Gasteiger partial charge in [0.2, 0.25) is 0 Å². The molecule has 0 spiro atoms. The summed E-state index contributed by atoms with van der Waals surface area (Å²) < 4.78 is 13.1. The van der Waals surface area contributed by atoms with E-state index >= 15 is 0 Å². The first kappa shape index (κ1) is 13.5. The van der Waals surface area contributed by atoms with Gasteiger partial charge in [-0.1, -0.05) is 6.92 Å². The van der Waals surface area contributed by atoms with E-state index in [2.05, 4.69) is 9.97 Å². The molecule has 0 aliphatic carbocycles. The number of aromatic nitrogens is 2. The van der Waals surface area contributed by atoms with Gasteiger partial charge in [0.25, 0.3) is 0 Å². The summed E-state index contributed by atoms with van der Waals surface area (Å²) >= 11 is 0. The van der Waals surface area contributed by atoms with Crippen LogP contribution in [0.5, 0.6) is 5.75 Å². The molecule has 1 atom stereocenters. The molecule has 3 nitrogen and oxygen atoms in total. The molecular weight excluding hydrogens is 243 g/mol. The minimum atomic E-state index is -0.753. The van der Waals surface area contributed by atoms with Gasteiger partial charge in [-0.25, -0.2) is 14.4 Å². The molecule has 2 aromatic rings. The highest BCUT2D eigenvalue weighted by Crippen LogP contribution is 2.18. The summed E-state index contributed by atoms with van der Waals surface area (Å²) in [5.74, 6) is 0.824. The summed E-state index contributed by atoms with van der Waals surface area (Å²) in [6.07, 6.45) is 4.43. The van der Waals surface area contributed by atoms with Crippen LogP contribution in [-0.2, 0) is 6.42 Å². The molecule has 2 rings (SSSR count). The Balaban J connectivity index is 2.04. The molecule has 4 heteroatoms. The molecule has 0 saturated carbocycles. The van der Waals surface area contributed by atoms with Crippen LogP contribution in [0.2, 0.25) is 0 Å². The molecule has 0 saturated heterocycles.